The third-order valence-corrected chi connectivity index (χ3v) is 3.92. The van der Waals surface area contributed by atoms with Crippen LogP contribution in [0.15, 0.2) is 65.6 Å². The summed E-state index contributed by atoms with van der Waals surface area (Å²) in [6, 6.07) is 17.6. The minimum absolute atomic E-state index is 0.361. The highest BCUT2D eigenvalue weighted by atomic mass is 16.5. The number of carboxylic acid groups (broad SMARTS) is 1. The maximum Gasteiger partial charge on any atom is 0.342 e. The Hall–Kier alpha value is -3.41. The molecule has 0 saturated carbocycles. The maximum absolute atomic E-state index is 11.7. The van der Waals surface area contributed by atoms with Crippen molar-refractivity contribution < 1.29 is 14.6 Å². The zero-order chi connectivity index (χ0) is 18.4. The molecule has 6 heteroatoms. The van der Waals surface area contributed by atoms with Gasteiger partial charge in [0, 0.05) is 12.6 Å². The molecule has 0 spiro atoms. The molecule has 3 aromatic rings. The highest BCUT2D eigenvalue weighted by Gasteiger charge is 2.10. The molecule has 132 valence electrons. The summed E-state index contributed by atoms with van der Waals surface area (Å²) in [7, 11) is 0. The van der Waals surface area contributed by atoms with Crippen LogP contribution < -0.4 is 10.3 Å². The largest absolute Gasteiger partial charge is 0.489 e. The van der Waals surface area contributed by atoms with Crippen molar-refractivity contribution in [1.29, 1.82) is 0 Å². The highest BCUT2D eigenvalue weighted by molar-refractivity contribution is 5.86. The predicted octanol–water partition coefficient (Wildman–Crippen LogP) is 2.83. The number of para-hydroxylation sites is 1. The first-order chi connectivity index (χ1) is 12.6. The molecular weight excluding hydrogens is 332 g/mol. The van der Waals surface area contributed by atoms with Gasteiger partial charge in [-0.05, 0) is 23.6 Å². The van der Waals surface area contributed by atoms with E-state index in [-0.39, 0.29) is 5.56 Å². The van der Waals surface area contributed by atoms with Gasteiger partial charge in [-0.3, -0.25) is 4.79 Å². The number of H-pyrrole nitrogens is 1. The van der Waals surface area contributed by atoms with Crippen LogP contribution in [0.25, 0.3) is 0 Å². The standard InChI is InChI=1S/C20H18N2O4/c23-19-16(20(24)25)12-21-18(22-19)11-10-15-8-4-5-9-17(15)26-13-14-6-2-1-3-7-14/h1-9,12H,10-11,13H2,(H,24,25)(H,21,22,23). The molecule has 0 fully saturated rings. The van der Waals surface area contributed by atoms with Crippen LogP contribution in [0, 0.1) is 0 Å². The Bertz CT molecular complexity index is 951. The van der Waals surface area contributed by atoms with Crippen LogP contribution in [-0.4, -0.2) is 21.0 Å². The van der Waals surface area contributed by atoms with E-state index < -0.39 is 11.5 Å². The molecule has 0 bridgehead atoms. The zero-order valence-electron chi connectivity index (χ0n) is 14.0. The predicted molar refractivity (Wildman–Crippen MR) is 96.4 cm³/mol. The fraction of sp³-hybridized carbons (Fsp3) is 0.150. The maximum atomic E-state index is 11.7. The number of ether oxygens (including phenoxy) is 1. The van der Waals surface area contributed by atoms with Gasteiger partial charge in [0.2, 0.25) is 0 Å². The Labute approximate surface area is 150 Å². The zero-order valence-corrected chi connectivity index (χ0v) is 14.0. The lowest BCUT2D eigenvalue weighted by molar-refractivity contribution is 0.0694. The summed E-state index contributed by atoms with van der Waals surface area (Å²) in [5.41, 5.74) is 1.07. The van der Waals surface area contributed by atoms with Crippen molar-refractivity contribution in [1.82, 2.24) is 9.97 Å². The van der Waals surface area contributed by atoms with E-state index in [1.54, 1.807) is 0 Å². The first-order valence-electron chi connectivity index (χ1n) is 8.19. The summed E-state index contributed by atoms with van der Waals surface area (Å²) in [5.74, 6) is -0.0660. The van der Waals surface area contributed by atoms with Gasteiger partial charge in [0.1, 0.15) is 23.7 Å². The van der Waals surface area contributed by atoms with E-state index in [2.05, 4.69) is 9.97 Å². The molecule has 0 amide bonds. The summed E-state index contributed by atoms with van der Waals surface area (Å²) in [4.78, 5) is 29.1. The van der Waals surface area contributed by atoms with Crippen LogP contribution in [0.3, 0.4) is 0 Å². The summed E-state index contributed by atoms with van der Waals surface area (Å²) in [6.07, 6.45) is 2.18. The van der Waals surface area contributed by atoms with E-state index in [0.717, 1.165) is 23.1 Å². The van der Waals surface area contributed by atoms with Crippen molar-refractivity contribution >= 4 is 5.97 Å². The van der Waals surface area contributed by atoms with Crippen molar-refractivity contribution in [3.8, 4) is 5.75 Å². The lowest BCUT2D eigenvalue weighted by Gasteiger charge is -2.11. The number of hydrogen-bond acceptors (Lipinski definition) is 4. The first kappa shape index (κ1) is 17.4. The molecule has 0 atom stereocenters. The van der Waals surface area contributed by atoms with E-state index in [9.17, 15) is 9.59 Å². The molecule has 26 heavy (non-hydrogen) atoms. The molecule has 0 aliphatic carbocycles. The van der Waals surface area contributed by atoms with Gasteiger partial charge in [-0.1, -0.05) is 48.5 Å². The first-order valence-corrected chi connectivity index (χ1v) is 8.19. The van der Waals surface area contributed by atoms with Gasteiger partial charge in [0.15, 0.2) is 0 Å². The van der Waals surface area contributed by atoms with Gasteiger partial charge < -0.3 is 14.8 Å². The van der Waals surface area contributed by atoms with E-state index in [1.165, 1.54) is 0 Å². The number of carboxylic acids is 1. The summed E-state index contributed by atoms with van der Waals surface area (Å²) < 4.78 is 5.92. The Balaban J connectivity index is 1.68. The molecule has 0 radical (unpaired) electrons. The van der Waals surface area contributed by atoms with Crippen LogP contribution >= 0.6 is 0 Å². The monoisotopic (exact) mass is 350 g/mol. The topological polar surface area (TPSA) is 92.3 Å². The number of aromatic carboxylic acids is 1. The highest BCUT2D eigenvalue weighted by Crippen LogP contribution is 2.20. The van der Waals surface area contributed by atoms with Gasteiger partial charge in [0.25, 0.3) is 5.56 Å². The van der Waals surface area contributed by atoms with Gasteiger partial charge in [-0.15, -0.1) is 0 Å². The van der Waals surface area contributed by atoms with Crippen LogP contribution in [0.5, 0.6) is 5.75 Å². The number of aryl methyl sites for hydroxylation is 2. The Kier molecular flexibility index (Phi) is 5.43. The number of hydrogen-bond donors (Lipinski definition) is 2. The second-order valence-corrected chi connectivity index (χ2v) is 5.76. The molecule has 2 N–H and O–H groups in total. The molecule has 0 saturated heterocycles. The van der Waals surface area contributed by atoms with E-state index >= 15 is 0 Å². The van der Waals surface area contributed by atoms with Crippen molar-refractivity contribution in [3.63, 3.8) is 0 Å². The Morgan fingerprint density at radius 1 is 1.04 bits per heavy atom. The molecular formula is C20H18N2O4. The van der Waals surface area contributed by atoms with Crippen LogP contribution in [0.4, 0.5) is 0 Å². The summed E-state index contributed by atoms with van der Waals surface area (Å²) >= 11 is 0. The molecule has 0 aliphatic heterocycles. The second kappa shape index (κ2) is 8.11. The third kappa shape index (κ3) is 4.36. The number of rotatable bonds is 7. The van der Waals surface area contributed by atoms with Crippen LogP contribution in [0.2, 0.25) is 0 Å². The second-order valence-electron chi connectivity index (χ2n) is 5.76. The van der Waals surface area contributed by atoms with E-state index in [0.29, 0.717) is 25.3 Å². The average molecular weight is 350 g/mol. The quantitative estimate of drug-likeness (QED) is 0.683. The fourth-order valence-electron chi connectivity index (χ4n) is 2.55. The van der Waals surface area contributed by atoms with Gasteiger partial charge in [-0.2, -0.15) is 0 Å². The van der Waals surface area contributed by atoms with E-state index in [4.69, 9.17) is 9.84 Å². The number of aromatic nitrogens is 2. The minimum atomic E-state index is -1.29. The van der Waals surface area contributed by atoms with Gasteiger partial charge in [-0.25, -0.2) is 9.78 Å². The Morgan fingerprint density at radius 2 is 1.77 bits per heavy atom. The van der Waals surface area contributed by atoms with Gasteiger partial charge >= 0.3 is 5.97 Å². The lowest BCUT2D eigenvalue weighted by Crippen LogP contribution is -2.20. The number of carbonyl (C=O) groups is 1. The van der Waals surface area contributed by atoms with E-state index in [1.807, 2.05) is 54.6 Å². The number of nitrogens with one attached hydrogen (secondary N) is 1. The molecule has 1 heterocycles. The molecule has 0 unspecified atom stereocenters. The summed E-state index contributed by atoms with van der Waals surface area (Å²) in [6.45, 7) is 0.472. The molecule has 6 nitrogen and oxygen atoms in total. The van der Waals surface area contributed by atoms with Gasteiger partial charge in [0.05, 0.1) is 0 Å². The van der Waals surface area contributed by atoms with Crippen molar-refractivity contribution in [2.75, 3.05) is 0 Å². The molecule has 3 rings (SSSR count). The molecule has 0 aliphatic rings. The SMILES string of the molecule is O=C(O)c1cnc(CCc2ccccc2OCc2ccccc2)[nH]c1=O. The number of benzene rings is 2. The normalized spacial score (nSPS) is 10.5. The minimum Gasteiger partial charge on any atom is -0.489 e. The third-order valence-electron chi connectivity index (χ3n) is 3.92. The fourth-order valence-corrected chi connectivity index (χ4v) is 2.55. The van der Waals surface area contributed by atoms with Crippen LogP contribution in [0.1, 0.15) is 27.3 Å². The summed E-state index contributed by atoms with van der Waals surface area (Å²) in [5, 5.41) is 8.88. The van der Waals surface area contributed by atoms with Crippen LogP contribution in [-0.2, 0) is 19.4 Å². The lowest BCUT2D eigenvalue weighted by atomic mass is 10.1. The molecule has 2 aromatic carbocycles. The average Bonchev–Trinajstić information content (AvgIpc) is 2.66. The molecule has 1 aromatic heterocycles. The number of nitrogens with zero attached hydrogens (tertiary/aromatic N) is 1. The number of aromatic amines is 1. The Morgan fingerprint density at radius 3 is 2.50 bits per heavy atom. The van der Waals surface area contributed by atoms with Crippen molar-refractivity contribution in [2.24, 2.45) is 0 Å². The smallest absolute Gasteiger partial charge is 0.342 e. The van der Waals surface area contributed by atoms with Crippen molar-refractivity contribution in [2.45, 2.75) is 19.4 Å². The van der Waals surface area contributed by atoms with Crippen molar-refractivity contribution in [3.05, 3.63) is 93.7 Å².